The smallest absolute Gasteiger partial charge is 0.328 e. The number of hydrogen-bond donors (Lipinski definition) is 0. The molecule has 1 atom stereocenters. The molecule has 0 aromatic rings. The van der Waals surface area contributed by atoms with Crippen molar-refractivity contribution < 1.29 is 27.4 Å². The van der Waals surface area contributed by atoms with Crippen molar-refractivity contribution >= 4 is 0 Å². The minimum atomic E-state index is -4.03. The molecule has 0 amide bonds. The van der Waals surface area contributed by atoms with E-state index in [1.807, 2.05) is 20.8 Å². The molecule has 3 nitrogen and oxygen atoms in total. The molecule has 0 heterocycles. The van der Waals surface area contributed by atoms with E-state index in [4.69, 9.17) is 14.2 Å². The fourth-order valence-electron chi connectivity index (χ4n) is 4.00. The van der Waals surface area contributed by atoms with Crippen molar-refractivity contribution in [3.05, 3.63) is 0 Å². The minimum Gasteiger partial charge on any atom is -0.328 e. The van der Waals surface area contributed by atoms with Crippen molar-refractivity contribution in [3.8, 4) is 0 Å². The summed E-state index contributed by atoms with van der Waals surface area (Å²) in [4.78, 5) is 0. The molecule has 0 aromatic carbocycles. The van der Waals surface area contributed by atoms with Crippen LogP contribution in [0.1, 0.15) is 118 Å². The van der Waals surface area contributed by atoms with Gasteiger partial charge in [0.15, 0.2) is 0 Å². The van der Waals surface area contributed by atoms with Crippen LogP contribution in [0, 0.1) is 5.92 Å². The lowest BCUT2D eigenvalue weighted by Gasteiger charge is -2.39. The zero-order valence-electron chi connectivity index (χ0n) is 20.0. The van der Waals surface area contributed by atoms with Crippen molar-refractivity contribution in [2.24, 2.45) is 5.92 Å². The molecule has 0 fully saturated rings. The van der Waals surface area contributed by atoms with Gasteiger partial charge in [0.25, 0.3) is 5.97 Å². The van der Waals surface area contributed by atoms with Gasteiger partial charge in [0.05, 0.1) is 0 Å². The quantitative estimate of drug-likeness (QED) is 0.132. The Bertz CT molecular complexity index is 358. The van der Waals surface area contributed by atoms with Gasteiger partial charge in [-0.3, -0.25) is 0 Å². The molecule has 0 spiro atoms. The number of halogens is 3. The lowest BCUT2D eigenvalue weighted by atomic mass is 9.91. The summed E-state index contributed by atoms with van der Waals surface area (Å²) in [6, 6.07) is 0. The molecule has 0 N–H and O–H groups in total. The van der Waals surface area contributed by atoms with E-state index in [1.165, 1.54) is 32.1 Å². The standard InChI is InChI=1S/C24H47F3O3/c1-5-9-10-11-13-16-19-22(24(28-6-2,29-7-3)30-8-4)20-17-14-12-15-18-21-23(25,26)27/h22H,5-21H2,1-4H3. The first kappa shape index (κ1) is 29.7. The second kappa shape index (κ2) is 18.3. The van der Waals surface area contributed by atoms with Gasteiger partial charge < -0.3 is 14.2 Å². The molecular formula is C24H47F3O3. The van der Waals surface area contributed by atoms with Crippen LogP contribution in [-0.4, -0.2) is 32.0 Å². The van der Waals surface area contributed by atoms with Gasteiger partial charge in [-0.2, -0.15) is 13.2 Å². The molecule has 0 rings (SSSR count). The molecule has 0 aliphatic carbocycles. The Labute approximate surface area is 183 Å². The summed E-state index contributed by atoms with van der Waals surface area (Å²) in [5.41, 5.74) is 0. The summed E-state index contributed by atoms with van der Waals surface area (Å²) in [7, 11) is 0. The number of ether oxygens (including phenoxy) is 3. The highest BCUT2D eigenvalue weighted by Gasteiger charge is 2.41. The molecule has 0 aromatic heterocycles. The van der Waals surface area contributed by atoms with E-state index in [-0.39, 0.29) is 12.3 Å². The van der Waals surface area contributed by atoms with Crippen LogP contribution in [0.15, 0.2) is 0 Å². The zero-order valence-corrected chi connectivity index (χ0v) is 20.0. The van der Waals surface area contributed by atoms with Crippen LogP contribution in [0.3, 0.4) is 0 Å². The first-order chi connectivity index (χ1) is 14.3. The van der Waals surface area contributed by atoms with E-state index < -0.39 is 18.6 Å². The summed E-state index contributed by atoms with van der Waals surface area (Å²) in [6.07, 6.45) is 8.18. The topological polar surface area (TPSA) is 27.7 Å². The van der Waals surface area contributed by atoms with E-state index in [0.717, 1.165) is 38.5 Å². The Morgan fingerprint density at radius 2 is 0.967 bits per heavy atom. The van der Waals surface area contributed by atoms with E-state index >= 15 is 0 Å². The largest absolute Gasteiger partial charge is 0.389 e. The number of alkyl halides is 3. The molecule has 6 heteroatoms. The van der Waals surface area contributed by atoms with Gasteiger partial charge in [0.2, 0.25) is 0 Å². The summed E-state index contributed by atoms with van der Waals surface area (Å²) >= 11 is 0. The number of unbranched alkanes of at least 4 members (excludes halogenated alkanes) is 9. The van der Waals surface area contributed by atoms with Gasteiger partial charge in [-0.05, 0) is 40.0 Å². The predicted molar refractivity (Wildman–Crippen MR) is 117 cm³/mol. The first-order valence-corrected chi connectivity index (χ1v) is 12.3. The summed E-state index contributed by atoms with van der Waals surface area (Å²) in [5, 5.41) is 0. The maximum atomic E-state index is 12.3. The molecule has 0 bridgehead atoms. The third kappa shape index (κ3) is 14.6. The van der Waals surface area contributed by atoms with Crippen molar-refractivity contribution in [1.29, 1.82) is 0 Å². The minimum absolute atomic E-state index is 0.138. The molecule has 0 saturated carbocycles. The predicted octanol–water partition coefficient (Wildman–Crippen LogP) is 8.41. The van der Waals surface area contributed by atoms with Crippen LogP contribution in [0.5, 0.6) is 0 Å². The molecule has 0 aliphatic heterocycles. The second-order valence-electron chi connectivity index (χ2n) is 8.08. The second-order valence-corrected chi connectivity index (χ2v) is 8.08. The number of rotatable bonds is 21. The zero-order chi connectivity index (χ0) is 22.7. The van der Waals surface area contributed by atoms with E-state index in [9.17, 15) is 13.2 Å². The van der Waals surface area contributed by atoms with Gasteiger partial charge in [-0.1, -0.05) is 71.1 Å². The van der Waals surface area contributed by atoms with Crippen molar-refractivity contribution in [1.82, 2.24) is 0 Å². The van der Waals surface area contributed by atoms with Gasteiger partial charge in [0, 0.05) is 32.2 Å². The van der Waals surface area contributed by atoms with Crippen LogP contribution < -0.4 is 0 Å². The van der Waals surface area contributed by atoms with Crippen LogP contribution in [0.4, 0.5) is 13.2 Å². The fraction of sp³-hybridized carbons (Fsp3) is 1.00. The van der Waals surface area contributed by atoms with Gasteiger partial charge in [-0.15, -0.1) is 0 Å². The number of hydrogen-bond acceptors (Lipinski definition) is 3. The SMILES string of the molecule is CCCCCCCCC(CCCCCCCC(F)(F)F)C(OCC)(OCC)OCC. The van der Waals surface area contributed by atoms with E-state index in [2.05, 4.69) is 6.92 Å². The van der Waals surface area contributed by atoms with Gasteiger partial charge in [0.1, 0.15) is 0 Å². The summed E-state index contributed by atoms with van der Waals surface area (Å²) in [5.74, 6) is -0.864. The Kier molecular flexibility index (Phi) is 18.1. The monoisotopic (exact) mass is 440 g/mol. The van der Waals surface area contributed by atoms with E-state index in [1.54, 1.807) is 0 Å². The van der Waals surface area contributed by atoms with Crippen LogP contribution in [0.2, 0.25) is 0 Å². The molecule has 0 aliphatic rings. The van der Waals surface area contributed by atoms with Crippen LogP contribution >= 0.6 is 0 Å². The van der Waals surface area contributed by atoms with Gasteiger partial charge >= 0.3 is 6.18 Å². The Morgan fingerprint density at radius 3 is 1.37 bits per heavy atom. The summed E-state index contributed by atoms with van der Waals surface area (Å²) < 4.78 is 54.9. The third-order valence-corrected chi connectivity index (χ3v) is 5.46. The molecule has 30 heavy (non-hydrogen) atoms. The van der Waals surface area contributed by atoms with Crippen LogP contribution in [0.25, 0.3) is 0 Å². The first-order valence-electron chi connectivity index (χ1n) is 12.3. The highest BCUT2D eigenvalue weighted by Crippen LogP contribution is 2.34. The maximum Gasteiger partial charge on any atom is 0.389 e. The van der Waals surface area contributed by atoms with Crippen molar-refractivity contribution in [3.63, 3.8) is 0 Å². The highest BCUT2D eigenvalue weighted by atomic mass is 19.4. The third-order valence-electron chi connectivity index (χ3n) is 5.46. The molecular weight excluding hydrogens is 393 g/mol. The Morgan fingerprint density at radius 1 is 0.567 bits per heavy atom. The molecule has 0 radical (unpaired) electrons. The van der Waals surface area contributed by atoms with Gasteiger partial charge in [-0.25, -0.2) is 0 Å². The summed E-state index contributed by atoms with van der Waals surface area (Å²) in [6.45, 7) is 9.64. The highest BCUT2D eigenvalue weighted by molar-refractivity contribution is 4.73. The van der Waals surface area contributed by atoms with Crippen LogP contribution in [-0.2, 0) is 14.2 Å². The lowest BCUT2D eigenvalue weighted by molar-refractivity contribution is -0.403. The Balaban J connectivity index is 4.67. The lowest BCUT2D eigenvalue weighted by Crippen LogP contribution is -2.46. The normalized spacial score (nSPS) is 13.7. The average Bonchev–Trinajstić information content (AvgIpc) is 2.67. The molecule has 182 valence electrons. The fourth-order valence-corrected chi connectivity index (χ4v) is 4.00. The maximum absolute atomic E-state index is 12.3. The average molecular weight is 441 g/mol. The molecule has 0 saturated heterocycles. The Hall–Kier alpha value is -0.330. The van der Waals surface area contributed by atoms with Crippen molar-refractivity contribution in [2.75, 3.05) is 19.8 Å². The van der Waals surface area contributed by atoms with Crippen molar-refractivity contribution in [2.45, 2.75) is 130 Å². The molecule has 1 unspecified atom stereocenters. The van der Waals surface area contributed by atoms with E-state index in [0.29, 0.717) is 26.2 Å².